The summed E-state index contributed by atoms with van der Waals surface area (Å²) in [5.74, 6) is 1.94. The first-order valence-electron chi connectivity index (χ1n) is 2.38. The average Bonchev–Trinajstić information content (AvgIpc) is 1.94. The second-order valence-corrected chi connectivity index (χ2v) is 2.57. The molecule has 1 rings (SSSR count). The lowest BCUT2D eigenvalue weighted by Gasteiger charge is -1.86. The zero-order valence-corrected chi connectivity index (χ0v) is 5.33. The molecule has 0 aliphatic carbocycles. The Morgan fingerprint density at radius 3 is 3.00 bits per heavy atom. The molecule has 0 aromatic carbocycles. The molecule has 1 aliphatic rings. The van der Waals surface area contributed by atoms with Crippen molar-refractivity contribution >= 4 is 8.58 Å². The second kappa shape index (κ2) is 2.68. The standard InChI is InChI=1S/C6H7OP/c7-6-4-2-1-3-5-8-6/h1-5,7-8H. The van der Waals surface area contributed by atoms with Crippen molar-refractivity contribution in [3.05, 3.63) is 35.6 Å². The Hall–Kier alpha value is -0.550. The second-order valence-electron chi connectivity index (χ2n) is 1.44. The van der Waals surface area contributed by atoms with Crippen LogP contribution in [0.25, 0.3) is 0 Å². The SMILES string of the molecule is OC1=CC=CC=CP1. The van der Waals surface area contributed by atoms with Gasteiger partial charge in [0, 0.05) is 0 Å². The number of rotatable bonds is 0. The van der Waals surface area contributed by atoms with Gasteiger partial charge in [0.2, 0.25) is 0 Å². The highest BCUT2D eigenvalue weighted by atomic mass is 31.1. The average molecular weight is 126 g/mol. The first-order chi connectivity index (χ1) is 3.89. The summed E-state index contributed by atoms with van der Waals surface area (Å²) in [6, 6.07) is 0. The van der Waals surface area contributed by atoms with Crippen LogP contribution < -0.4 is 0 Å². The summed E-state index contributed by atoms with van der Waals surface area (Å²) in [5.41, 5.74) is 0.454. The van der Waals surface area contributed by atoms with Crippen molar-refractivity contribution in [1.29, 1.82) is 0 Å². The van der Waals surface area contributed by atoms with Crippen molar-refractivity contribution in [1.82, 2.24) is 0 Å². The molecule has 0 radical (unpaired) electrons. The molecular weight excluding hydrogens is 119 g/mol. The van der Waals surface area contributed by atoms with E-state index in [0.717, 1.165) is 0 Å². The van der Waals surface area contributed by atoms with Crippen molar-refractivity contribution < 1.29 is 5.11 Å². The number of aliphatic hydroxyl groups is 1. The van der Waals surface area contributed by atoms with E-state index in [2.05, 4.69) is 0 Å². The maximum Gasteiger partial charge on any atom is 0.115 e. The van der Waals surface area contributed by atoms with Gasteiger partial charge in [-0.3, -0.25) is 0 Å². The minimum atomic E-state index is 0.442. The van der Waals surface area contributed by atoms with Gasteiger partial charge in [-0.2, -0.15) is 0 Å². The van der Waals surface area contributed by atoms with Gasteiger partial charge in [0.1, 0.15) is 5.50 Å². The number of aliphatic hydroxyl groups excluding tert-OH is 1. The number of allylic oxidation sites excluding steroid dienone is 4. The molecule has 1 N–H and O–H groups in total. The van der Waals surface area contributed by atoms with Crippen LogP contribution in [0.4, 0.5) is 0 Å². The largest absolute Gasteiger partial charge is 0.508 e. The van der Waals surface area contributed by atoms with Gasteiger partial charge in [0.25, 0.3) is 0 Å². The van der Waals surface area contributed by atoms with E-state index in [9.17, 15) is 0 Å². The van der Waals surface area contributed by atoms with E-state index in [1.165, 1.54) is 0 Å². The molecule has 0 saturated heterocycles. The maximum atomic E-state index is 8.86. The van der Waals surface area contributed by atoms with E-state index in [1.54, 1.807) is 6.08 Å². The lowest BCUT2D eigenvalue weighted by molar-refractivity contribution is 0.455. The van der Waals surface area contributed by atoms with E-state index < -0.39 is 0 Å². The number of hydrogen-bond acceptors (Lipinski definition) is 1. The minimum absolute atomic E-state index is 0.442. The highest BCUT2D eigenvalue weighted by Gasteiger charge is 1.85. The van der Waals surface area contributed by atoms with Crippen LogP contribution in [-0.4, -0.2) is 5.11 Å². The van der Waals surface area contributed by atoms with Gasteiger partial charge in [-0.15, -0.1) is 0 Å². The predicted octanol–water partition coefficient (Wildman–Crippen LogP) is 2.15. The van der Waals surface area contributed by atoms with Crippen LogP contribution in [0.15, 0.2) is 35.6 Å². The lowest BCUT2D eigenvalue weighted by atomic mass is 10.5. The summed E-state index contributed by atoms with van der Waals surface area (Å²) in [4.78, 5) is 0. The van der Waals surface area contributed by atoms with Crippen molar-refractivity contribution in [3.8, 4) is 0 Å². The van der Waals surface area contributed by atoms with Gasteiger partial charge in [-0.1, -0.05) is 24.0 Å². The summed E-state index contributed by atoms with van der Waals surface area (Å²) >= 11 is 0. The first-order valence-corrected chi connectivity index (χ1v) is 3.46. The van der Waals surface area contributed by atoms with E-state index >= 15 is 0 Å². The van der Waals surface area contributed by atoms with E-state index in [-0.39, 0.29) is 0 Å². The maximum absolute atomic E-state index is 8.86. The molecule has 0 spiro atoms. The summed E-state index contributed by atoms with van der Waals surface area (Å²) in [6.07, 6.45) is 7.36. The Balaban J connectivity index is 2.69. The normalized spacial score (nSPS) is 20.8. The molecule has 0 amide bonds. The zero-order valence-electron chi connectivity index (χ0n) is 4.33. The van der Waals surface area contributed by atoms with Crippen molar-refractivity contribution in [2.45, 2.75) is 0 Å². The molecule has 1 atom stereocenters. The van der Waals surface area contributed by atoms with Crippen LogP contribution >= 0.6 is 8.58 Å². The third-order valence-electron chi connectivity index (χ3n) is 0.804. The van der Waals surface area contributed by atoms with Gasteiger partial charge in [0.05, 0.1) is 0 Å². The van der Waals surface area contributed by atoms with E-state index in [0.29, 0.717) is 14.1 Å². The topological polar surface area (TPSA) is 20.2 Å². The Morgan fingerprint density at radius 1 is 1.25 bits per heavy atom. The van der Waals surface area contributed by atoms with Crippen LogP contribution in [0.3, 0.4) is 0 Å². The highest BCUT2D eigenvalue weighted by molar-refractivity contribution is 7.46. The fourth-order valence-corrected chi connectivity index (χ4v) is 1.02. The molecule has 0 saturated carbocycles. The van der Waals surface area contributed by atoms with Crippen LogP contribution in [0, 0.1) is 0 Å². The van der Waals surface area contributed by atoms with Gasteiger partial charge in [0.15, 0.2) is 0 Å². The molecule has 42 valence electrons. The van der Waals surface area contributed by atoms with Crippen molar-refractivity contribution in [3.63, 3.8) is 0 Å². The van der Waals surface area contributed by atoms with Crippen LogP contribution in [0.5, 0.6) is 0 Å². The first kappa shape index (κ1) is 5.58. The van der Waals surface area contributed by atoms with Crippen LogP contribution in [0.2, 0.25) is 0 Å². The third kappa shape index (κ3) is 1.51. The summed E-state index contributed by atoms with van der Waals surface area (Å²) < 4.78 is 0. The molecule has 1 aliphatic heterocycles. The molecule has 8 heavy (non-hydrogen) atoms. The molecule has 0 aromatic rings. The smallest absolute Gasteiger partial charge is 0.115 e. The Morgan fingerprint density at radius 2 is 2.12 bits per heavy atom. The summed E-state index contributed by atoms with van der Waals surface area (Å²) in [5, 5.41) is 8.86. The van der Waals surface area contributed by atoms with Crippen LogP contribution in [0.1, 0.15) is 0 Å². The quantitative estimate of drug-likeness (QED) is 0.493. The molecule has 0 aromatic heterocycles. The molecular formula is C6H7OP. The molecule has 0 fully saturated rings. The van der Waals surface area contributed by atoms with Crippen molar-refractivity contribution in [2.24, 2.45) is 0 Å². The van der Waals surface area contributed by atoms with Gasteiger partial charge in [-0.25, -0.2) is 0 Å². The summed E-state index contributed by atoms with van der Waals surface area (Å²) in [6.45, 7) is 0. The fourth-order valence-electron chi connectivity index (χ4n) is 0.448. The van der Waals surface area contributed by atoms with Crippen molar-refractivity contribution in [2.75, 3.05) is 0 Å². The van der Waals surface area contributed by atoms with E-state index in [4.69, 9.17) is 5.11 Å². The Labute approximate surface area is 50.2 Å². The van der Waals surface area contributed by atoms with Gasteiger partial charge in [-0.05, 0) is 14.7 Å². The van der Waals surface area contributed by atoms with Gasteiger partial charge >= 0.3 is 0 Å². The van der Waals surface area contributed by atoms with Crippen LogP contribution in [-0.2, 0) is 0 Å². The zero-order chi connectivity index (χ0) is 5.82. The molecule has 1 unspecified atom stereocenters. The lowest BCUT2D eigenvalue weighted by Crippen LogP contribution is -1.60. The number of hydrogen-bond donors (Lipinski definition) is 1. The fraction of sp³-hybridized carbons (Fsp3) is 0. The monoisotopic (exact) mass is 126 g/mol. The predicted molar refractivity (Wildman–Crippen MR) is 37.3 cm³/mol. The Bertz CT molecular complexity index is 156. The molecule has 0 bridgehead atoms. The summed E-state index contributed by atoms with van der Waals surface area (Å²) in [7, 11) is 0.442. The molecule has 1 heterocycles. The highest BCUT2D eigenvalue weighted by Crippen LogP contribution is 2.23. The van der Waals surface area contributed by atoms with Gasteiger partial charge < -0.3 is 5.11 Å². The van der Waals surface area contributed by atoms with E-state index in [1.807, 2.05) is 24.0 Å². The molecule has 2 heteroatoms. The minimum Gasteiger partial charge on any atom is -0.508 e. The Kier molecular flexibility index (Phi) is 1.87. The molecule has 1 nitrogen and oxygen atoms in total. The third-order valence-corrected chi connectivity index (χ3v) is 1.63.